The topological polar surface area (TPSA) is 57.3 Å². The molecule has 0 spiro atoms. The summed E-state index contributed by atoms with van der Waals surface area (Å²) in [7, 11) is 3.33. The molecule has 1 aromatic heterocycles. The fourth-order valence-electron chi connectivity index (χ4n) is 3.71. The highest BCUT2D eigenvalue weighted by Gasteiger charge is 2.20. The van der Waals surface area contributed by atoms with Crippen LogP contribution < -0.4 is 9.47 Å². The molecule has 1 aliphatic rings. The zero-order valence-corrected chi connectivity index (χ0v) is 18.0. The Morgan fingerprint density at radius 2 is 1.72 bits per heavy atom. The van der Waals surface area contributed by atoms with Crippen molar-refractivity contribution in [3.05, 3.63) is 57.4 Å². The average molecular weight is 412 g/mol. The van der Waals surface area contributed by atoms with Crippen molar-refractivity contribution in [3.8, 4) is 17.2 Å². The van der Waals surface area contributed by atoms with Crippen LogP contribution >= 0.6 is 12.2 Å². The second-order valence-electron chi connectivity index (χ2n) is 7.38. The van der Waals surface area contributed by atoms with Gasteiger partial charge in [0, 0.05) is 13.1 Å². The number of benzene rings is 2. The molecule has 2 aromatic carbocycles. The molecule has 4 rings (SSSR count). The number of tetrazole rings is 1. The van der Waals surface area contributed by atoms with Gasteiger partial charge in [0.2, 0.25) is 4.77 Å². The normalized spacial score (nSPS) is 13.9. The molecule has 0 fully saturated rings. The van der Waals surface area contributed by atoms with E-state index in [1.807, 2.05) is 0 Å². The minimum absolute atomic E-state index is 0.594. The van der Waals surface area contributed by atoms with E-state index in [-0.39, 0.29) is 0 Å². The Kier molecular flexibility index (Phi) is 5.38. The molecule has 8 heteroatoms. The van der Waals surface area contributed by atoms with Crippen molar-refractivity contribution in [2.24, 2.45) is 0 Å². The third-order valence-corrected chi connectivity index (χ3v) is 5.75. The van der Waals surface area contributed by atoms with Crippen LogP contribution in [0.15, 0.2) is 30.3 Å². The number of ether oxygens (including phenoxy) is 2. The maximum Gasteiger partial charge on any atom is 0.221 e. The molecule has 0 bridgehead atoms. The lowest BCUT2D eigenvalue weighted by Gasteiger charge is -2.29. The molecule has 1 aliphatic heterocycles. The van der Waals surface area contributed by atoms with Crippen LogP contribution in [0.2, 0.25) is 0 Å². The molecular weight excluding hydrogens is 386 g/mol. The van der Waals surface area contributed by atoms with Gasteiger partial charge in [-0.1, -0.05) is 12.1 Å². The van der Waals surface area contributed by atoms with Gasteiger partial charge >= 0.3 is 0 Å². The molecule has 7 nitrogen and oxygen atoms in total. The zero-order valence-electron chi connectivity index (χ0n) is 17.2. The van der Waals surface area contributed by atoms with Crippen LogP contribution in [-0.2, 0) is 19.6 Å². The SMILES string of the molecule is COc1cc2c(cc1OC)CN(Cn1nnn(-c3cc(C)ccc3C)c1=S)CC2. The van der Waals surface area contributed by atoms with Gasteiger partial charge in [-0.2, -0.15) is 4.68 Å². The van der Waals surface area contributed by atoms with E-state index >= 15 is 0 Å². The molecule has 0 N–H and O–H groups in total. The summed E-state index contributed by atoms with van der Waals surface area (Å²) in [6.45, 7) is 6.43. The van der Waals surface area contributed by atoms with Crippen molar-refractivity contribution in [1.82, 2.24) is 24.7 Å². The molecule has 0 saturated carbocycles. The van der Waals surface area contributed by atoms with E-state index in [0.29, 0.717) is 11.4 Å². The highest BCUT2D eigenvalue weighted by atomic mass is 32.1. The van der Waals surface area contributed by atoms with Crippen LogP contribution in [0, 0.1) is 18.6 Å². The Bertz CT molecular complexity index is 1100. The van der Waals surface area contributed by atoms with Gasteiger partial charge in [0.15, 0.2) is 11.5 Å². The van der Waals surface area contributed by atoms with E-state index in [4.69, 9.17) is 21.7 Å². The van der Waals surface area contributed by atoms with E-state index in [2.05, 4.69) is 59.5 Å². The summed E-state index contributed by atoms with van der Waals surface area (Å²) in [6, 6.07) is 10.4. The summed E-state index contributed by atoms with van der Waals surface area (Å²) >= 11 is 5.67. The van der Waals surface area contributed by atoms with Crippen molar-refractivity contribution in [2.75, 3.05) is 20.8 Å². The molecule has 0 radical (unpaired) electrons. The van der Waals surface area contributed by atoms with Crippen LogP contribution in [0.5, 0.6) is 11.5 Å². The van der Waals surface area contributed by atoms with Crippen molar-refractivity contribution in [1.29, 1.82) is 0 Å². The number of methoxy groups -OCH3 is 2. The third kappa shape index (κ3) is 3.77. The van der Waals surface area contributed by atoms with Gasteiger partial charge in [-0.05, 0) is 83.4 Å². The maximum atomic E-state index is 5.67. The quantitative estimate of drug-likeness (QED) is 0.600. The highest BCUT2D eigenvalue weighted by molar-refractivity contribution is 7.71. The largest absolute Gasteiger partial charge is 0.493 e. The van der Waals surface area contributed by atoms with Crippen molar-refractivity contribution in [2.45, 2.75) is 33.5 Å². The summed E-state index contributed by atoms with van der Waals surface area (Å²) in [5.41, 5.74) is 5.79. The van der Waals surface area contributed by atoms with Crippen molar-refractivity contribution >= 4 is 12.2 Å². The van der Waals surface area contributed by atoms with Gasteiger partial charge in [0.25, 0.3) is 0 Å². The Morgan fingerprint density at radius 3 is 2.45 bits per heavy atom. The number of aryl methyl sites for hydroxylation is 2. The molecule has 0 amide bonds. The molecule has 152 valence electrons. The Labute approximate surface area is 175 Å². The summed E-state index contributed by atoms with van der Waals surface area (Å²) in [4.78, 5) is 2.31. The van der Waals surface area contributed by atoms with Gasteiger partial charge in [-0.15, -0.1) is 0 Å². The standard InChI is InChI=1S/C21H25N5O2S/c1-14-5-6-15(2)18(9-14)26-21(29)25(22-23-26)13-24-8-7-16-10-19(27-3)20(28-4)11-17(16)12-24/h5-6,9-11H,7-8,12-13H2,1-4H3. The van der Waals surface area contributed by atoms with E-state index in [0.717, 1.165) is 42.3 Å². The van der Waals surface area contributed by atoms with Gasteiger partial charge < -0.3 is 9.47 Å². The van der Waals surface area contributed by atoms with Gasteiger partial charge in [-0.3, -0.25) is 4.90 Å². The zero-order chi connectivity index (χ0) is 20.5. The Hall–Kier alpha value is -2.71. The van der Waals surface area contributed by atoms with Crippen LogP contribution in [-0.4, -0.2) is 45.5 Å². The predicted octanol–water partition coefficient (Wildman–Crippen LogP) is 3.45. The summed E-state index contributed by atoms with van der Waals surface area (Å²) in [5, 5.41) is 8.62. The van der Waals surface area contributed by atoms with Gasteiger partial charge in [0.05, 0.1) is 26.6 Å². The van der Waals surface area contributed by atoms with E-state index in [9.17, 15) is 0 Å². The first-order valence-electron chi connectivity index (χ1n) is 9.56. The average Bonchev–Trinajstić information content (AvgIpc) is 3.08. The second-order valence-corrected chi connectivity index (χ2v) is 7.75. The lowest BCUT2D eigenvalue weighted by molar-refractivity contribution is 0.186. The van der Waals surface area contributed by atoms with Crippen molar-refractivity contribution < 1.29 is 9.47 Å². The lowest BCUT2D eigenvalue weighted by atomic mass is 9.99. The molecule has 29 heavy (non-hydrogen) atoms. The minimum Gasteiger partial charge on any atom is -0.493 e. The Balaban J connectivity index is 1.57. The van der Waals surface area contributed by atoms with Crippen molar-refractivity contribution in [3.63, 3.8) is 0 Å². The van der Waals surface area contributed by atoms with Crippen LogP contribution in [0.4, 0.5) is 0 Å². The lowest BCUT2D eigenvalue weighted by Crippen LogP contribution is -2.33. The summed E-state index contributed by atoms with van der Waals surface area (Å²) in [5.74, 6) is 1.53. The monoisotopic (exact) mass is 411 g/mol. The third-order valence-electron chi connectivity index (χ3n) is 5.36. The molecule has 0 unspecified atom stereocenters. The number of rotatable bonds is 5. The summed E-state index contributed by atoms with van der Waals surface area (Å²) < 4.78 is 15.0. The maximum absolute atomic E-state index is 5.67. The molecular formula is C21H25N5O2S. The number of hydrogen-bond donors (Lipinski definition) is 0. The first-order valence-corrected chi connectivity index (χ1v) is 9.97. The molecule has 0 aliphatic carbocycles. The highest BCUT2D eigenvalue weighted by Crippen LogP contribution is 2.33. The molecule has 2 heterocycles. The first-order chi connectivity index (χ1) is 14.0. The Morgan fingerprint density at radius 1 is 1.00 bits per heavy atom. The smallest absolute Gasteiger partial charge is 0.221 e. The molecule has 0 saturated heterocycles. The molecule has 3 aromatic rings. The first kappa shape index (κ1) is 19.6. The number of nitrogens with zero attached hydrogens (tertiary/aromatic N) is 5. The number of fused-ring (bicyclic) bond motifs is 1. The fourth-order valence-corrected chi connectivity index (χ4v) is 3.94. The van der Waals surface area contributed by atoms with Crippen LogP contribution in [0.25, 0.3) is 5.69 Å². The van der Waals surface area contributed by atoms with E-state index in [1.54, 1.807) is 23.6 Å². The second kappa shape index (κ2) is 7.96. The predicted molar refractivity (Wildman–Crippen MR) is 113 cm³/mol. The minimum atomic E-state index is 0.594. The molecule has 0 atom stereocenters. The van der Waals surface area contributed by atoms with Crippen LogP contribution in [0.1, 0.15) is 22.3 Å². The van der Waals surface area contributed by atoms with Gasteiger partial charge in [-0.25, -0.2) is 4.68 Å². The number of hydrogen-bond acceptors (Lipinski definition) is 6. The van der Waals surface area contributed by atoms with E-state index < -0.39 is 0 Å². The van der Waals surface area contributed by atoms with Crippen LogP contribution in [0.3, 0.4) is 0 Å². The van der Waals surface area contributed by atoms with Gasteiger partial charge in [0.1, 0.15) is 0 Å². The fraction of sp³-hybridized carbons (Fsp3) is 0.381. The summed E-state index contributed by atoms with van der Waals surface area (Å²) in [6.07, 6.45) is 0.939. The number of aromatic nitrogens is 4. The van der Waals surface area contributed by atoms with E-state index in [1.165, 1.54) is 16.7 Å².